The van der Waals surface area contributed by atoms with Crippen LogP contribution in [0.1, 0.15) is 22.8 Å². The Kier molecular flexibility index (Phi) is 6.14. The minimum atomic E-state index is -0.326. The lowest BCUT2D eigenvalue weighted by molar-refractivity contribution is 0.0996. The number of halogens is 2. The third kappa shape index (κ3) is 4.01. The first-order valence-electron chi connectivity index (χ1n) is 8.22. The van der Waals surface area contributed by atoms with Crippen molar-refractivity contribution < 1.29 is 9.53 Å². The number of nitrogens with zero attached hydrogens (tertiary/aromatic N) is 2. The van der Waals surface area contributed by atoms with E-state index in [0.29, 0.717) is 40.2 Å². The fourth-order valence-corrected chi connectivity index (χ4v) is 4.14. The van der Waals surface area contributed by atoms with Crippen LogP contribution >= 0.6 is 34.5 Å². The lowest BCUT2D eigenvalue weighted by Crippen LogP contribution is -2.20. The molecule has 0 unspecified atom stereocenters. The summed E-state index contributed by atoms with van der Waals surface area (Å²) in [5.74, 6) is -0.326. The summed E-state index contributed by atoms with van der Waals surface area (Å²) in [7, 11) is 0. The number of fused-ring (bicyclic) bond motifs is 1. The smallest absolute Gasteiger partial charge is 0.279 e. The minimum absolute atomic E-state index is 0.326. The molecular formula is C19H18Cl2N2O2S. The first kappa shape index (κ1) is 19.1. The topological polar surface area (TPSA) is 43.6 Å². The van der Waals surface area contributed by atoms with Crippen molar-refractivity contribution in [3.05, 3.63) is 62.4 Å². The van der Waals surface area contributed by atoms with Crippen LogP contribution in [-0.2, 0) is 11.3 Å². The average molecular weight is 409 g/mol. The maximum Gasteiger partial charge on any atom is 0.279 e. The van der Waals surface area contributed by atoms with E-state index in [2.05, 4.69) is 4.99 Å². The van der Waals surface area contributed by atoms with E-state index in [4.69, 9.17) is 27.9 Å². The van der Waals surface area contributed by atoms with Crippen LogP contribution in [0.15, 0.2) is 41.4 Å². The number of benzene rings is 2. The standard InChI is InChI=1S/C19H18Cl2N2O2S/c1-3-25-10-9-23-17-12(2)15(21)7-8-16(17)26-19(23)22-18(24)13-5-4-6-14(20)11-13/h4-8,11H,3,9-10H2,1-2H3. The van der Waals surface area contributed by atoms with Gasteiger partial charge in [0, 0.05) is 28.8 Å². The number of rotatable bonds is 5. The van der Waals surface area contributed by atoms with Gasteiger partial charge in [0.15, 0.2) is 4.80 Å². The second-order valence-corrected chi connectivity index (χ2v) is 7.53. The van der Waals surface area contributed by atoms with Gasteiger partial charge in [-0.05, 0) is 49.7 Å². The molecule has 0 aliphatic rings. The molecule has 4 nitrogen and oxygen atoms in total. The molecule has 0 saturated carbocycles. The van der Waals surface area contributed by atoms with Gasteiger partial charge in [-0.2, -0.15) is 4.99 Å². The van der Waals surface area contributed by atoms with Crippen LogP contribution < -0.4 is 4.80 Å². The molecule has 136 valence electrons. The second-order valence-electron chi connectivity index (χ2n) is 5.68. The molecule has 2 aromatic carbocycles. The molecule has 0 bridgehead atoms. The van der Waals surface area contributed by atoms with Crippen LogP contribution in [0.2, 0.25) is 10.0 Å². The molecule has 3 aromatic rings. The van der Waals surface area contributed by atoms with Crippen molar-refractivity contribution in [1.29, 1.82) is 0 Å². The Labute approximate surface area is 165 Å². The molecule has 1 amide bonds. The Morgan fingerprint density at radius 3 is 2.81 bits per heavy atom. The van der Waals surface area contributed by atoms with Crippen molar-refractivity contribution in [3.8, 4) is 0 Å². The van der Waals surface area contributed by atoms with E-state index in [1.807, 2.05) is 30.5 Å². The molecule has 1 heterocycles. The number of hydrogen-bond acceptors (Lipinski definition) is 3. The molecule has 26 heavy (non-hydrogen) atoms. The molecule has 1 aromatic heterocycles. The molecule has 0 spiro atoms. The van der Waals surface area contributed by atoms with E-state index in [-0.39, 0.29) is 5.91 Å². The highest BCUT2D eigenvalue weighted by Gasteiger charge is 2.13. The SMILES string of the molecule is CCOCCn1c(=NC(=O)c2cccc(Cl)c2)sc2ccc(Cl)c(C)c21. The summed E-state index contributed by atoms with van der Waals surface area (Å²) < 4.78 is 8.52. The normalized spacial score (nSPS) is 12.1. The molecule has 0 aliphatic carbocycles. The first-order chi connectivity index (χ1) is 12.5. The fourth-order valence-electron chi connectivity index (χ4n) is 2.68. The molecule has 0 aliphatic heterocycles. The van der Waals surface area contributed by atoms with Gasteiger partial charge in [0.05, 0.1) is 16.8 Å². The number of ether oxygens (including phenoxy) is 1. The predicted molar refractivity (Wildman–Crippen MR) is 107 cm³/mol. The summed E-state index contributed by atoms with van der Waals surface area (Å²) in [5.41, 5.74) is 2.41. The molecule has 3 rings (SSSR count). The number of thiazole rings is 1. The van der Waals surface area contributed by atoms with Gasteiger partial charge in [0.2, 0.25) is 0 Å². The highest BCUT2D eigenvalue weighted by Crippen LogP contribution is 2.27. The zero-order chi connectivity index (χ0) is 18.7. The van der Waals surface area contributed by atoms with Gasteiger partial charge >= 0.3 is 0 Å². The number of carbonyl (C=O) groups is 1. The van der Waals surface area contributed by atoms with E-state index < -0.39 is 0 Å². The van der Waals surface area contributed by atoms with Crippen molar-refractivity contribution in [2.45, 2.75) is 20.4 Å². The van der Waals surface area contributed by atoms with Crippen LogP contribution in [-0.4, -0.2) is 23.7 Å². The van der Waals surface area contributed by atoms with Crippen molar-refractivity contribution in [1.82, 2.24) is 4.57 Å². The molecule has 0 fully saturated rings. The quantitative estimate of drug-likeness (QED) is 0.551. The summed E-state index contributed by atoms with van der Waals surface area (Å²) in [6.07, 6.45) is 0. The predicted octanol–water partition coefficient (Wildman–Crippen LogP) is 5.10. The van der Waals surface area contributed by atoms with Crippen LogP contribution in [0.25, 0.3) is 10.2 Å². The summed E-state index contributed by atoms with van der Waals surface area (Å²) in [6, 6.07) is 10.6. The third-order valence-corrected chi connectivity index (χ3v) is 5.65. The molecule has 7 heteroatoms. The molecule has 0 N–H and O–H groups in total. The fraction of sp³-hybridized carbons (Fsp3) is 0.263. The van der Waals surface area contributed by atoms with Gasteiger partial charge in [-0.3, -0.25) is 4.79 Å². The number of carbonyl (C=O) groups excluding carboxylic acids is 1. The molecule has 0 atom stereocenters. The van der Waals surface area contributed by atoms with E-state index >= 15 is 0 Å². The Balaban J connectivity index is 2.13. The number of aromatic nitrogens is 1. The number of amides is 1. The van der Waals surface area contributed by atoms with Crippen LogP contribution in [0.5, 0.6) is 0 Å². The lowest BCUT2D eigenvalue weighted by atomic mass is 10.2. The number of aryl methyl sites for hydroxylation is 1. The van der Waals surface area contributed by atoms with E-state index in [1.54, 1.807) is 24.3 Å². The maximum atomic E-state index is 12.6. The van der Waals surface area contributed by atoms with Gasteiger partial charge in [-0.25, -0.2) is 0 Å². The van der Waals surface area contributed by atoms with Gasteiger partial charge in [0.1, 0.15) is 0 Å². The van der Waals surface area contributed by atoms with Crippen molar-refractivity contribution in [2.75, 3.05) is 13.2 Å². The van der Waals surface area contributed by atoms with Crippen molar-refractivity contribution in [2.24, 2.45) is 4.99 Å². The third-order valence-electron chi connectivity index (χ3n) is 3.96. The Bertz CT molecular complexity index is 1020. The Morgan fingerprint density at radius 1 is 1.27 bits per heavy atom. The van der Waals surface area contributed by atoms with E-state index in [0.717, 1.165) is 15.8 Å². The largest absolute Gasteiger partial charge is 0.380 e. The average Bonchev–Trinajstić information content (AvgIpc) is 2.96. The second kappa shape index (κ2) is 8.35. The van der Waals surface area contributed by atoms with Gasteiger partial charge in [-0.15, -0.1) is 0 Å². The minimum Gasteiger partial charge on any atom is -0.380 e. The van der Waals surface area contributed by atoms with Crippen LogP contribution in [0, 0.1) is 6.92 Å². The Morgan fingerprint density at radius 2 is 2.08 bits per heavy atom. The zero-order valence-corrected chi connectivity index (χ0v) is 16.8. The van der Waals surface area contributed by atoms with Crippen molar-refractivity contribution >= 4 is 50.7 Å². The van der Waals surface area contributed by atoms with Gasteiger partial charge in [-0.1, -0.05) is 40.6 Å². The maximum absolute atomic E-state index is 12.6. The molecule has 0 saturated heterocycles. The number of hydrogen-bond donors (Lipinski definition) is 0. The van der Waals surface area contributed by atoms with Crippen LogP contribution in [0.4, 0.5) is 0 Å². The monoisotopic (exact) mass is 408 g/mol. The van der Waals surface area contributed by atoms with E-state index in [9.17, 15) is 4.79 Å². The Hall–Kier alpha value is -1.66. The lowest BCUT2D eigenvalue weighted by Gasteiger charge is -2.08. The summed E-state index contributed by atoms with van der Waals surface area (Å²) in [6.45, 7) is 5.68. The van der Waals surface area contributed by atoms with Gasteiger partial charge in [0.25, 0.3) is 5.91 Å². The summed E-state index contributed by atoms with van der Waals surface area (Å²) >= 11 is 13.7. The van der Waals surface area contributed by atoms with Crippen molar-refractivity contribution in [3.63, 3.8) is 0 Å². The first-order valence-corrected chi connectivity index (χ1v) is 9.79. The summed E-state index contributed by atoms with van der Waals surface area (Å²) in [4.78, 5) is 17.6. The zero-order valence-electron chi connectivity index (χ0n) is 14.5. The molecular weight excluding hydrogens is 391 g/mol. The summed E-state index contributed by atoms with van der Waals surface area (Å²) in [5, 5.41) is 1.20. The van der Waals surface area contributed by atoms with E-state index in [1.165, 1.54) is 11.3 Å². The van der Waals surface area contributed by atoms with Crippen LogP contribution in [0.3, 0.4) is 0 Å². The highest BCUT2D eigenvalue weighted by atomic mass is 35.5. The highest BCUT2D eigenvalue weighted by molar-refractivity contribution is 7.16. The molecule has 0 radical (unpaired) electrons. The van der Waals surface area contributed by atoms with Gasteiger partial charge < -0.3 is 9.30 Å².